The Morgan fingerprint density at radius 2 is 2.00 bits per heavy atom. The summed E-state index contributed by atoms with van der Waals surface area (Å²) in [5, 5.41) is 8.86. The van der Waals surface area contributed by atoms with Crippen molar-refractivity contribution >= 4 is 44.9 Å². The maximum atomic E-state index is 13.6. The quantitative estimate of drug-likeness (QED) is 0.460. The lowest BCUT2D eigenvalue weighted by Crippen LogP contribution is -2.27. The molecular formula is C22H27N5O2S2. The minimum atomic E-state index is -0.106. The van der Waals surface area contributed by atoms with Gasteiger partial charge in [0.2, 0.25) is 5.91 Å². The van der Waals surface area contributed by atoms with Gasteiger partial charge in [0, 0.05) is 18.0 Å². The van der Waals surface area contributed by atoms with E-state index in [4.69, 9.17) is 4.98 Å². The molecule has 2 aliphatic rings. The fourth-order valence-electron chi connectivity index (χ4n) is 4.88. The van der Waals surface area contributed by atoms with Crippen molar-refractivity contribution < 1.29 is 4.79 Å². The molecule has 3 aromatic rings. The summed E-state index contributed by atoms with van der Waals surface area (Å²) in [5.41, 5.74) is 3.80. The number of thioether (sulfide) groups is 1. The van der Waals surface area contributed by atoms with Crippen LogP contribution in [0.4, 0.5) is 5.69 Å². The number of anilines is 1. The van der Waals surface area contributed by atoms with Crippen molar-refractivity contribution in [2.24, 2.45) is 7.05 Å². The molecule has 0 aliphatic heterocycles. The molecule has 3 aromatic heterocycles. The topological polar surface area (TPSA) is 81.8 Å². The normalized spacial score (nSPS) is 16.4. The monoisotopic (exact) mass is 457 g/mol. The molecule has 5 rings (SSSR count). The molecule has 0 bridgehead atoms. The molecule has 9 heteroatoms. The summed E-state index contributed by atoms with van der Waals surface area (Å²) in [5.74, 6) is 0.106. The summed E-state index contributed by atoms with van der Waals surface area (Å²) in [4.78, 5) is 33.4. The minimum Gasteiger partial charge on any atom is -0.322 e. The van der Waals surface area contributed by atoms with Crippen LogP contribution in [0.3, 0.4) is 0 Å². The number of rotatable bonds is 5. The number of hydrogen-bond acceptors (Lipinski definition) is 6. The van der Waals surface area contributed by atoms with Crippen molar-refractivity contribution in [3.63, 3.8) is 0 Å². The molecule has 31 heavy (non-hydrogen) atoms. The highest BCUT2D eigenvalue weighted by Crippen LogP contribution is 2.38. The molecule has 0 radical (unpaired) electrons. The Bertz CT molecular complexity index is 1230. The standard InChI is InChI=1S/C22H27N5O2S2/c1-12-19(13(2)26(3)25-12)23-17(28)11-30-22-24-20-18(15-9-6-10-16(15)31-20)21(29)27(22)14-7-4-5-8-14/h14H,4-11H2,1-3H3,(H,23,28). The van der Waals surface area contributed by atoms with E-state index in [-0.39, 0.29) is 23.3 Å². The second-order valence-electron chi connectivity index (χ2n) is 8.55. The van der Waals surface area contributed by atoms with Gasteiger partial charge in [0.15, 0.2) is 5.16 Å². The first-order valence-corrected chi connectivity index (χ1v) is 12.7. The first kappa shape index (κ1) is 20.8. The van der Waals surface area contributed by atoms with Crippen LogP contribution in [-0.2, 0) is 24.7 Å². The average molecular weight is 458 g/mol. The molecule has 0 atom stereocenters. The summed E-state index contributed by atoms with van der Waals surface area (Å²) in [6.45, 7) is 3.82. The van der Waals surface area contributed by atoms with Crippen LogP contribution in [0.1, 0.15) is 60.0 Å². The fourth-order valence-corrected chi connectivity index (χ4v) is 7.05. The lowest BCUT2D eigenvalue weighted by Gasteiger charge is -2.18. The number of amides is 1. The summed E-state index contributed by atoms with van der Waals surface area (Å²) >= 11 is 3.03. The smallest absolute Gasteiger partial charge is 0.263 e. The third-order valence-corrected chi connectivity index (χ3v) is 8.67. The van der Waals surface area contributed by atoms with Gasteiger partial charge in [0.25, 0.3) is 5.56 Å². The SMILES string of the molecule is Cc1nn(C)c(C)c1NC(=O)CSc1nc2sc3c(c2c(=O)n1C1CCCC1)CCC3. The first-order chi connectivity index (χ1) is 14.9. The van der Waals surface area contributed by atoms with Crippen LogP contribution in [0.15, 0.2) is 9.95 Å². The third-order valence-electron chi connectivity index (χ3n) is 6.53. The van der Waals surface area contributed by atoms with Gasteiger partial charge in [0.1, 0.15) is 4.83 Å². The van der Waals surface area contributed by atoms with Gasteiger partial charge < -0.3 is 5.32 Å². The van der Waals surface area contributed by atoms with Gasteiger partial charge in [-0.15, -0.1) is 11.3 Å². The zero-order valence-corrected chi connectivity index (χ0v) is 19.8. The van der Waals surface area contributed by atoms with Crippen LogP contribution < -0.4 is 10.9 Å². The highest BCUT2D eigenvalue weighted by atomic mass is 32.2. The minimum absolute atomic E-state index is 0.0955. The summed E-state index contributed by atoms with van der Waals surface area (Å²) in [6.07, 6.45) is 7.45. The fraction of sp³-hybridized carbons (Fsp3) is 0.545. The molecule has 0 aromatic carbocycles. The van der Waals surface area contributed by atoms with Crippen LogP contribution in [0.2, 0.25) is 0 Å². The lowest BCUT2D eigenvalue weighted by molar-refractivity contribution is -0.113. The second-order valence-corrected chi connectivity index (χ2v) is 10.6. The van der Waals surface area contributed by atoms with E-state index in [9.17, 15) is 9.59 Å². The van der Waals surface area contributed by atoms with Crippen LogP contribution >= 0.6 is 23.1 Å². The zero-order chi connectivity index (χ0) is 21.7. The number of carbonyl (C=O) groups excluding carboxylic acids is 1. The number of nitrogens with zero attached hydrogens (tertiary/aromatic N) is 4. The largest absolute Gasteiger partial charge is 0.322 e. The van der Waals surface area contributed by atoms with Crippen molar-refractivity contribution in [3.05, 3.63) is 32.2 Å². The van der Waals surface area contributed by atoms with Gasteiger partial charge in [-0.25, -0.2) is 4.98 Å². The Morgan fingerprint density at radius 1 is 1.23 bits per heavy atom. The molecule has 1 fully saturated rings. The molecule has 0 spiro atoms. The average Bonchev–Trinajstić information content (AvgIpc) is 3.49. The van der Waals surface area contributed by atoms with Crippen LogP contribution in [0, 0.1) is 13.8 Å². The molecule has 1 N–H and O–H groups in total. The number of carbonyl (C=O) groups is 1. The van der Waals surface area contributed by atoms with Crippen molar-refractivity contribution in [1.29, 1.82) is 0 Å². The summed E-state index contributed by atoms with van der Waals surface area (Å²) in [6, 6.07) is 0.190. The van der Waals surface area contributed by atoms with E-state index in [1.807, 2.05) is 25.5 Å². The molecule has 7 nitrogen and oxygen atoms in total. The Balaban J connectivity index is 1.45. The maximum Gasteiger partial charge on any atom is 0.263 e. The van der Waals surface area contributed by atoms with E-state index in [1.165, 1.54) is 22.2 Å². The molecule has 1 saturated carbocycles. The van der Waals surface area contributed by atoms with E-state index >= 15 is 0 Å². The predicted molar refractivity (Wildman–Crippen MR) is 125 cm³/mol. The number of fused-ring (bicyclic) bond motifs is 3. The van der Waals surface area contributed by atoms with E-state index < -0.39 is 0 Å². The molecule has 0 saturated heterocycles. The van der Waals surface area contributed by atoms with Crippen LogP contribution in [-0.4, -0.2) is 31.0 Å². The van der Waals surface area contributed by atoms with Crippen molar-refractivity contribution in [2.45, 2.75) is 70.0 Å². The Morgan fingerprint density at radius 3 is 2.71 bits per heavy atom. The zero-order valence-electron chi connectivity index (χ0n) is 18.2. The number of aromatic nitrogens is 4. The van der Waals surface area contributed by atoms with Crippen LogP contribution in [0.25, 0.3) is 10.2 Å². The predicted octanol–water partition coefficient (Wildman–Crippen LogP) is 4.14. The molecule has 2 aliphatic carbocycles. The Labute approximate surface area is 189 Å². The molecular weight excluding hydrogens is 430 g/mol. The number of hydrogen-bond donors (Lipinski definition) is 1. The van der Waals surface area contributed by atoms with Gasteiger partial charge >= 0.3 is 0 Å². The number of aryl methyl sites for hydroxylation is 4. The van der Waals surface area contributed by atoms with Gasteiger partial charge in [-0.05, 0) is 51.5 Å². The van der Waals surface area contributed by atoms with Gasteiger partial charge in [0.05, 0.1) is 28.2 Å². The van der Waals surface area contributed by atoms with Crippen LogP contribution in [0.5, 0.6) is 0 Å². The maximum absolute atomic E-state index is 13.6. The van der Waals surface area contributed by atoms with E-state index in [0.717, 1.165) is 72.2 Å². The Kier molecular flexibility index (Phi) is 5.42. The van der Waals surface area contributed by atoms with Crippen molar-refractivity contribution in [3.8, 4) is 0 Å². The molecule has 3 heterocycles. The van der Waals surface area contributed by atoms with Gasteiger partial charge in [-0.3, -0.25) is 18.8 Å². The van der Waals surface area contributed by atoms with Crippen molar-refractivity contribution in [2.75, 3.05) is 11.1 Å². The lowest BCUT2D eigenvalue weighted by atomic mass is 10.2. The highest BCUT2D eigenvalue weighted by Gasteiger charge is 2.28. The molecule has 0 unspecified atom stereocenters. The summed E-state index contributed by atoms with van der Waals surface area (Å²) < 4.78 is 3.67. The van der Waals surface area contributed by atoms with Gasteiger partial charge in [-0.2, -0.15) is 5.10 Å². The number of nitrogens with one attached hydrogen (secondary N) is 1. The van der Waals surface area contributed by atoms with Gasteiger partial charge in [-0.1, -0.05) is 24.6 Å². The first-order valence-electron chi connectivity index (χ1n) is 10.9. The number of thiophene rings is 1. The Hall–Kier alpha value is -2.13. The van der Waals surface area contributed by atoms with E-state index in [2.05, 4.69) is 10.4 Å². The van der Waals surface area contributed by atoms with E-state index in [0.29, 0.717) is 5.16 Å². The highest BCUT2D eigenvalue weighted by molar-refractivity contribution is 7.99. The van der Waals surface area contributed by atoms with E-state index in [1.54, 1.807) is 16.0 Å². The molecule has 164 valence electrons. The summed E-state index contributed by atoms with van der Waals surface area (Å²) in [7, 11) is 1.87. The van der Waals surface area contributed by atoms with Crippen molar-refractivity contribution in [1.82, 2.24) is 19.3 Å². The molecule has 1 amide bonds. The second kappa shape index (κ2) is 8.09. The third kappa shape index (κ3) is 3.61.